The molecule has 4 nitrogen and oxygen atoms in total. The zero-order valence-corrected chi connectivity index (χ0v) is 13.3. The van der Waals surface area contributed by atoms with Gasteiger partial charge in [-0.25, -0.2) is 0 Å². The highest BCUT2D eigenvalue weighted by atomic mass is 35.5. The van der Waals surface area contributed by atoms with Crippen LogP contribution in [0.3, 0.4) is 0 Å². The number of nitriles is 1. The quantitative estimate of drug-likeness (QED) is 0.852. The molecule has 0 radical (unpaired) electrons. The number of rotatable bonds is 2. The monoisotopic (exact) mass is 325 g/mol. The van der Waals surface area contributed by atoms with Gasteiger partial charge in [-0.15, -0.1) is 0 Å². The third kappa shape index (κ3) is 3.30. The number of carbonyl (C=O) groups is 1. The summed E-state index contributed by atoms with van der Waals surface area (Å²) >= 11 is 6.23. The molecule has 23 heavy (non-hydrogen) atoms. The molecule has 1 amide bonds. The fourth-order valence-corrected chi connectivity index (χ4v) is 2.98. The Kier molecular flexibility index (Phi) is 4.50. The molecule has 0 aromatic heterocycles. The fraction of sp³-hybridized carbons (Fsp3) is 0.222. The van der Waals surface area contributed by atoms with Crippen molar-refractivity contribution in [1.29, 1.82) is 5.26 Å². The van der Waals surface area contributed by atoms with Crippen molar-refractivity contribution in [2.75, 3.05) is 31.1 Å². The van der Waals surface area contributed by atoms with E-state index in [9.17, 15) is 4.79 Å². The molecular formula is C18H16ClN3O. The Bertz CT molecular complexity index is 744. The maximum absolute atomic E-state index is 12.5. The number of hydrogen-bond donors (Lipinski definition) is 0. The Morgan fingerprint density at radius 2 is 1.65 bits per heavy atom. The molecule has 0 aliphatic carbocycles. The van der Waals surface area contributed by atoms with E-state index in [1.807, 2.05) is 29.2 Å². The number of halogens is 1. The van der Waals surface area contributed by atoms with Crippen molar-refractivity contribution in [1.82, 2.24) is 4.90 Å². The van der Waals surface area contributed by atoms with Crippen molar-refractivity contribution in [2.24, 2.45) is 0 Å². The van der Waals surface area contributed by atoms with Gasteiger partial charge in [-0.3, -0.25) is 4.79 Å². The van der Waals surface area contributed by atoms with Crippen molar-refractivity contribution >= 4 is 23.2 Å². The van der Waals surface area contributed by atoms with Crippen LogP contribution < -0.4 is 4.90 Å². The molecule has 0 unspecified atom stereocenters. The van der Waals surface area contributed by atoms with Crippen LogP contribution in [0.5, 0.6) is 0 Å². The van der Waals surface area contributed by atoms with Gasteiger partial charge >= 0.3 is 0 Å². The smallest absolute Gasteiger partial charge is 0.253 e. The molecule has 1 heterocycles. The Labute approximate surface area is 140 Å². The summed E-state index contributed by atoms with van der Waals surface area (Å²) < 4.78 is 0. The van der Waals surface area contributed by atoms with Crippen LogP contribution >= 0.6 is 11.6 Å². The summed E-state index contributed by atoms with van der Waals surface area (Å²) in [7, 11) is 0. The van der Waals surface area contributed by atoms with E-state index in [4.69, 9.17) is 16.9 Å². The molecule has 116 valence electrons. The maximum atomic E-state index is 12.5. The lowest BCUT2D eigenvalue weighted by Gasteiger charge is -2.36. The van der Waals surface area contributed by atoms with Gasteiger partial charge in [0.25, 0.3) is 5.91 Å². The molecule has 0 atom stereocenters. The molecule has 0 N–H and O–H groups in total. The van der Waals surface area contributed by atoms with E-state index < -0.39 is 0 Å². The van der Waals surface area contributed by atoms with Gasteiger partial charge < -0.3 is 9.80 Å². The number of anilines is 1. The molecule has 1 aliphatic heterocycles. The first-order chi connectivity index (χ1) is 11.2. The predicted octanol–water partition coefficient (Wildman–Crippen LogP) is 3.17. The van der Waals surface area contributed by atoms with E-state index in [2.05, 4.69) is 11.0 Å². The summed E-state index contributed by atoms with van der Waals surface area (Å²) in [5, 5.41) is 9.55. The van der Waals surface area contributed by atoms with Gasteiger partial charge in [-0.1, -0.05) is 23.7 Å². The summed E-state index contributed by atoms with van der Waals surface area (Å²) in [5.41, 5.74) is 2.19. The second-order valence-electron chi connectivity index (χ2n) is 5.42. The Hall–Kier alpha value is -2.51. The minimum Gasteiger partial charge on any atom is -0.367 e. The lowest BCUT2D eigenvalue weighted by molar-refractivity contribution is 0.0747. The zero-order chi connectivity index (χ0) is 16.2. The summed E-state index contributed by atoms with van der Waals surface area (Å²) in [6.45, 7) is 2.83. The summed E-state index contributed by atoms with van der Waals surface area (Å²) in [6.07, 6.45) is 0. The van der Waals surface area contributed by atoms with E-state index in [0.29, 0.717) is 24.2 Å². The summed E-state index contributed by atoms with van der Waals surface area (Å²) in [5.74, 6) is 0.00768. The topological polar surface area (TPSA) is 47.3 Å². The number of hydrogen-bond acceptors (Lipinski definition) is 3. The van der Waals surface area contributed by atoms with Crippen LogP contribution in [-0.4, -0.2) is 37.0 Å². The standard InChI is InChI=1S/C18H16ClN3O/c19-16-3-1-2-4-17(16)21-9-11-22(12-10-21)18(23)15-7-5-14(13-20)6-8-15/h1-8H,9-12H2. The predicted molar refractivity (Wildman–Crippen MR) is 90.7 cm³/mol. The lowest BCUT2D eigenvalue weighted by atomic mass is 10.1. The minimum atomic E-state index is 0.00768. The van der Waals surface area contributed by atoms with Gasteiger partial charge in [0, 0.05) is 31.7 Å². The first kappa shape index (κ1) is 15.4. The Morgan fingerprint density at radius 3 is 2.26 bits per heavy atom. The third-order valence-corrected chi connectivity index (χ3v) is 4.34. The second kappa shape index (κ2) is 6.72. The Balaban J connectivity index is 1.65. The van der Waals surface area contributed by atoms with E-state index >= 15 is 0 Å². The van der Waals surface area contributed by atoms with Gasteiger partial charge in [0.1, 0.15) is 0 Å². The van der Waals surface area contributed by atoms with Crippen molar-refractivity contribution in [2.45, 2.75) is 0 Å². The van der Waals surface area contributed by atoms with Crippen LogP contribution in [0.4, 0.5) is 5.69 Å². The molecule has 3 rings (SSSR count). The number of benzene rings is 2. The maximum Gasteiger partial charge on any atom is 0.253 e. The highest BCUT2D eigenvalue weighted by molar-refractivity contribution is 6.33. The average Bonchev–Trinajstić information content (AvgIpc) is 2.62. The number of para-hydroxylation sites is 1. The molecule has 0 saturated carbocycles. The number of carbonyl (C=O) groups excluding carboxylic acids is 1. The molecular weight excluding hydrogens is 310 g/mol. The Morgan fingerprint density at radius 1 is 1.00 bits per heavy atom. The molecule has 1 saturated heterocycles. The van der Waals surface area contributed by atoms with E-state index in [1.54, 1.807) is 24.3 Å². The van der Waals surface area contributed by atoms with Gasteiger partial charge in [0.2, 0.25) is 0 Å². The third-order valence-electron chi connectivity index (χ3n) is 4.02. The van der Waals surface area contributed by atoms with Gasteiger partial charge in [-0.05, 0) is 36.4 Å². The minimum absolute atomic E-state index is 0.00768. The van der Waals surface area contributed by atoms with Crippen molar-refractivity contribution in [3.8, 4) is 6.07 Å². The molecule has 2 aromatic carbocycles. The lowest BCUT2D eigenvalue weighted by Crippen LogP contribution is -2.48. The zero-order valence-electron chi connectivity index (χ0n) is 12.6. The van der Waals surface area contributed by atoms with E-state index in [0.717, 1.165) is 23.8 Å². The highest BCUT2D eigenvalue weighted by Crippen LogP contribution is 2.26. The normalized spacial score (nSPS) is 14.4. The fourth-order valence-electron chi connectivity index (χ4n) is 2.73. The van der Waals surface area contributed by atoms with Crippen LogP contribution in [0, 0.1) is 11.3 Å². The van der Waals surface area contributed by atoms with Crippen molar-refractivity contribution in [3.63, 3.8) is 0 Å². The van der Waals surface area contributed by atoms with Crippen molar-refractivity contribution < 1.29 is 4.79 Å². The van der Waals surface area contributed by atoms with Crippen LogP contribution in [0.25, 0.3) is 0 Å². The molecule has 5 heteroatoms. The number of nitrogens with zero attached hydrogens (tertiary/aromatic N) is 3. The highest BCUT2D eigenvalue weighted by Gasteiger charge is 2.23. The summed E-state index contributed by atoms with van der Waals surface area (Å²) in [6, 6.07) is 16.6. The number of amides is 1. The molecule has 0 bridgehead atoms. The number of piperazine rings is 1. The first-order valence-electron chi connectivity index (χ1n) is 7.48. The van der Waals surface area contributed by atoms with Gasteiger partial charge in [0.05, 0.1) is 22.3 Å². The first-order valence-corrected chi connectivity index (χ1v) is 7.86. The molecule has 2 aromatic rings. The largest absolute Gasteiger partial charge is 0.367 e. The SMILES string of the molecule is N#Cc1ccc(C(=O)N2CCN(c3ccccc3Cl)CC2)cc1. The van der Waals surface area contributed by atoms with E-state index in [-0.39, 0.29) is 5.91 Å². The van der Waals surface area contributed by atoms with Crippen LogP contribution in [0.1, 0.15) is 15.9 Å². The second-order valence-corrected chi connectivity index (χ2v) is 5.83. The molecule has 1 fully saturated rings. The molecule has 0 spiro atoms. The van der Waals surface area contributed by atoms with E-state index in [1.165, 1.54) is 0 Å². The van der Waals surface area contributed by atoms with Crippen LogP contribution in [-0.2, 0) is 0 Å². The van der Waals surface area contributed by atoms with Crippen molar-refractivity contribution in [3.05, 3.63) is 64.7 Å². The summed E-state index contributed by atoms with van der Waals surface area (Å²) in [4.78, 5) is 16.5. The molecule has 1 aliphatic rings. The van der Waals surface area contributed by atoms with Gasteiger partial charge in [0.15, 0.2) is 0 Å². The van der Waals surface area contributed by atoms with Crippen LogP contribution in [0.2, 0.25) is 5.02 Å². The van der Waals surface area contributed by atoms with Gasteiger partial charge in [-0.2, -0.15) is 5.26 Å². The average molecular weight is 326 g/mol. The van der Waals surface area contributed by atoms with Crippen LogP contribution in [0.15, 0.2) is 48.5 Å².